The zero-order valence-corrected chi connectivity index (χ0v) is 14.5. The van der Waals surface area contributed by atoms with Crippen molar-refractivity contribution in [1.29, 1.82) is 0 Å². The number of rotatable bonds is 4. The minimum Gasteiger partial charge on any atom is -0.372 e. The van der Waals surface area contributed by atoms with Gasteiger partial charge in [-0.15, -0.1) is 0 Å². The second-order valence-electron chi connectivity index (χ2n) is 6.47. The van der Waals surface area contributed by atoms with Crippen molar-refractivity contribution in [2.45, 2.75) is 25.7 Å². The van der Waals surface area contributed by atoms with Crippen LogP contribution in [0.5, 0.6) is 0 Å². The minimum atomic E-state index is -3.05. The molecule has 1 aromatic rings. The molecule has 0 spiro atoms. The second-order valence-corrected chi connectivity index (χ2v) is 8.70. The van der Waals surface area contributed by atoms with Crippen LogP contribution in [0.1, 0.15) is 31.2 Å². The van der Waals surface area contributed by atoms with Crippen molar-refractivity contribution in [3.63, 3.8) is 0 Å². The lowest BCUT2D eigenvalue weighted by Gasteiger charge is -2.28. The molecule has 3 rings (SSSR count). The highest BCUT2D eigenvalue weighted by molar-refractivity contribution is 7.91. The van der Waals surface area contributed by atoms with Gasteiger partial charge < -0.3 is 4.90 Å². The summed E-state index contributed by atoms with van der Waals surface area (Å²) in [5.74, 6) is -0.781. The Morgan fingerprint density at radius 3 is 2.50 bits per heavy atom. The van der Waals surface area contributed by atoms with Crippen molar-refractivity contribution in [3.05, 3.63) is 29.8 Å². The van der Waals surface area contributed by atoms with E-state index in [-0.39, 0.29) is 17.4 Å². The molecule has 2 aliphatic heterocycles. The summed E-state index contributed by atoms with van der Waals surface area (Å²) in [7, 11) is -3.05. The summed E-state index contributed by atoms with van der Waals surface area (Å²) in [6.45, 7) is 2.21. The summed E-state index contributed by atoms with van der Waals surface area (Å²) in [4.78, 5) is 14.3. The molecule has 130 valence electrons. The average molecular weight is 349 g/mol. The summed E-state index contributed by atoms with van der Waals surface area (Å²) in [5, 5.41) is 3.94. The van der Waals surface area contributed by atoms with Gasteiger partial charge in [0, 0.05) is 18.8 Å². The number of hydrazone groups is 1. The molecule has 6 nitrogen and oxygen atoms in total. The van der Waals surface area contributed by atoms with E-state index in [0.717, 1.165) is 18.7 Å². The summed E-state index contributed by atoms with van der Waals surface area (Å²) in [6, 6.07) is 8.08. The number of piperidine rings is 1. The van der Waals surface area contributed by atoms with Gasteiger partial charge in [-0.3, -0.25) is 4.79 Å². The third-order valence-corrected chi connectivity index (χ3v) is 6.37. The maximum absolute atomic E-state index is 11.9. The lowest BCUT2D eigenvalue weighted by Crippen LogP contribution is -2.29. The first-order chi connectivity index (χ1) is 11.5. The summed E-state index contributed by atoms with van der Waals surface area (Å²) < 4.78 is 22.8. The highest BCUT2D eigenvalue weighted by atomic mass is 32.2. The second kappa shape index (κ2) is 7.34. The van der Waals surface area contributed by atoms with E-state index >= 15 is 0 Å². The topological polar surface area (TPSA) is 78.8 Å². The van der Waals surface area contributed by atoms with Crippen LogP contribution in [0.25, 0.3) is 0 Å². The van der Waals surface area contributed by atoms with Crippen molar-refractivity contribution < 1.29 is 13.2 Å². The van der Waals surface area contributed by atoms with Crippen LogP contribution >= 0.6 is 0 Å². The van der Waals surface area contributed by atoms with Crippen molar-refractivity contribution in [2.75, 3.05) is 29.5 Å². The van der Waals surface area contributed by atoms with E-state index in [0.29, 0.717) is 6.42 Å². The van der Waals surface area contributed by atoms with E-state index in [2.05, 4.69) is 27.6 Å². The maximum atomic E-state index is 11.9. The predicted molar refractivity (Wildman–Crippen MR) is 95.0 cm³/mol. The molecule has 2 saturated heterocycles. The largest absolute Gasteiger partial charge is 0.372 e. The molecular weight excluding hydrogens is 326 g/mol. The Kier molecular flexibility index (Phi) is 5.18. The third-order valence-electron chi connectivity index (χ3n) is 4.61. The molecule has 1 aromatic carbocycles. The van der Waals surface area contributed by atoms with Crippen molar-refractivity contribution in [2.24, 2.45) is 11.0 Å². The van der Waals surface area contributed by atoms with Crippen LogP contribution < -0.4 is 10.3 Å². The first-order valence-corrected chi connectivity index (χ1v) is 10.2. The van der Waals surface area contributed by atoms with Crippen molar-refractivity contribution >= 4 is 27.6 Å². The van der Waals surface area contributed by atoms with Gasteiger partial charge >= 0.3 is 0 Å². The van der Waals surface area contributed by atoms with Crippen LogP contribution in [0.3, 0.4) is 0 Å². The number of hydrogen-bond acceptors (Lipinski definition) is 5. The quantitative estimate of drug-likeness (QED) is 0.661. The normalized spacial score (nSPS) is 23.5. The minimum absolute atomic E-state index is 0.0706. The first kappa shape index (κ1) is 17.0. The lowest BCUT2D eigenvalue weighted by molar-refractivity contribution is -0.124. The zero-order chi connectivity index (χ0) is 17.0. The molecule has 1 N–H and O–H groups in total. The molecule has 7 heteroatoms. The number of hydrogen-bond donors (Lipinski definition) is 1. The predicted octanol–water partition coefficient (Wildman–Crippen LogP) is 1.56. The molecule has 1 atom stereocenters. The summed E-state index contributed by atoms with van der Waals surface area (Å²) in [5.41, 5.74) is 4.56. The van der Waals surface area contributed by atoms with Gasteiger partial charge in [-0.25, -0.2) is 13.8 Å². The Morgan fingerprint density at radius 2 is 1.88 bits per heavy atom. The fourth-order valence-electron chi connectivity index (χ4n) is 3.19. The molecule has 0 saturated carbocycles. The highest BCUT2D eigenvalue weighted by Gasteiger charge is 2.32. The number of sulfone groups is 1. The molecule has 2 fully saturated rings. The standard InChI is InChI=1S/C17H23N3O3S/c21-17(15-8-11-24(22,23)13-15)19-18-12-14-4-6-16(7-5-14)20-9-2-1-3-10-20/h4-7,12,15H,1-3,8-11,13H2,(H,19,21)/b18-12-/t15-/m0/s1. The van der Waals surface area contributed by atoms with Gasteiger partial charge in [0.05, 0.1) is 23.6 Å². The van der Waals surface area contributed by atoms with Gasteiger partial charge in [0.1, 0.15) is 0 Å². The average Bonchev–Trinajstić information content (AvgIpc) is 2.96. The number of benzene rings is 1. The molecule has 2 aliphatic rings. The Balaban J connectivity index is 1.52. The van der Waals surface area contributed by atoms with Gasteiger partial charge in [-0.05, 0) is 43.4 Å². The number of carbonyl (C=O) groups is 1. The molecule has 0 bridgehead atoms. The van der Waals surface area contributed by atoms with Crippen LogP contribution in [0.4, 0.5) is 5.69 Å². The molecule has 0 radical (unpaired) electrons. The van der Waals surface area contributed by atoms with Gasteiger partial charge in [0.25, 0.3) is 0 Å². The monoisotopic (exact) mass is 349 g/mol. The zero-order valence-electron chi connectivity index (χ0n) is 13.6. The summed E-state index contributed by atoms with van der Waals surface area (Å²) in [6.07, 6.45) is 5.76. The van der Waals surface area contributed by atoms with Crippen LogP contribution in [0, 0.1) is 5.92 Å². The number of anilines is 1. The lowest BCUT2D eigenvalue weighted by atomic mass is 10.1. The first-order valence-electron chi connectivity index (χ1n) is 8.42. The van der Waals surface area contributed by atoms with Crippen LogP contribution in [0.2, 0.25) is 0 Å². The van der Waals surface area contributed by atoms with Gasteiger partial charge in [0.15, 0.2) is 9.84 Å². The van der Waals surface area contributed by atoms with Crippen LogP contribution in [-0.2, 0) is 14.6 Å². The van der Waals surface area contributed by atoms with Gasteiger partial charge in [0.2, 0.25) is 5.91 Å². The maximum Gasteiger partial charge on any atom is 0.244 e. The Bertz CT molecular complexity index is 707. The number of carbonyl (C=O) groups excluding carboxylic acids is 1. The fourth-order valence-corrected chi connectivity index (χ4v) is 4.93. The smallest absolute Gasteiger partial charge is 0.244 e. The molecule has 2 heterocycles. The Morgan fingerprint density at radius 1 is 1.17 bits per heavy atom. The van der Waals surface area contributed by atoms with Crippen molar-refractivity contribution in [3.8, 4) is 0 Å². The Hall–Kier alpha value is -1.89. The molecule has 24 heavy (non-hydrogen) atoms. The molecule has 0 unspecified atom stereocenters. The molecule has 0 aromatic heterocycles. The number of amides is 1. The number of nitrogens with one attached hydrogen (secondary N) is 1. The van der Waals surface area contributed by atoms with E-state index in [1.54, 1.807) is 6.21 Å². The van der Waals surface area contributed by atoms with E-state index in [9.17, 15) is 13.2 Å². The van der Waals surface area contributed by atoms with E-state index in [4.69, 9.17) is 0 Å². The van der Waals surface area contributed by atoms with Gasteiger partial charge in [-0.2, -0.15) is 5.10 Å². The van der Waals surface area contributed by atoms with Crippen molar-refractivity contribution in [1.82, 2.24) is 5.43 Å². The van der Waals surface area contributed by atoms with Crippen LogP contribution in [0.15, 0.2) is 29.4 Å². The fraction of sp³-hybridized carbons (Fsp3) is 0.529. The SMILES string of the molecule is O=C(N/N=C\c1ccc(N2CCCCC2)cc1)[C@H]1CCS(=O)(=O)C1. The molecular formula is C17H23N3O3S. The summed E-state index contributed by atoms with van der Waals surface area (Å²) >= 11 is 0. The van der Waals surface area contributed by atoms with E-state index in [1.807, 2.05) is 12.1 Å². The molecule has 0 aliphatic carbocycles. The van der Waals surface area contributed by atoms with Crippen LogP contribution in [-0.4, -0.2) is 45.1 Å². The highest BCUT2D eigenvalue weighted by Crippen LogP contribution is 2.20. The third kappa shape index (κ3) is 4.35. The number of nitrogens with zero attached hydrogens (tertiary/aromatic N) is 2. The van der Waals surface area contributed by atoms with Gasteiger partial charge in [-0.1, -0.05) is 12.1 Å². The van der Waals surface area contributed by atoms with E-state index in [1.165, 1.54) is 24.9 Å². The Labute approximate surface area is 142 Å². The molecule has 1 amide bonds. The van der Waals surface area contributed by atoms with E-state index < -0.39 is 15.8 Å².